The lowest BCUT2D eigenvalue weighted by atomic mass is 9.95. The molecule has 0 aliphatic carbocycles. The van der Waals surface area contributed by atoms with Crippen LogP contribution in [0.15, 0.2) is 48.5 Å². The van der Waals surface area contributed by atoms with E-state index in [9.17, 15) is 35.9 Å². The largest absolute Gasteiger partial charge is 0.444 e. The first-order valence-electron chi connectivity index (χ1n) is 13.2. The van der Waals surface area contributed by atoms with Crippen molar-refractivity contribution in [2.45, 2.75) is 64.1 Å². The summed E-state index contributed by atoms with van der Waals surface area (Å²) in [6.07, 6.45) is -9.42. The standard InChI is InChI=1S/C29H34F6N2O4/c1-27(2,3)41-26(39)37-11-9-21(10-12-37)25(38)36-16-22(20-7-5-4-6-8-20)18-40-17-19-13-23(28(30,31)32)15-24(14-19)29(33,34)35/h4-8,13-15,21-22H,9-12,16-18H2,1-3H3,(H,36,38). The first-order chi connectivity index (χ1) is 19.0. The molecule has 2 aromatic rings. The number of piperidine rings is 1. The third-order valence-electron chi connectivity index (χ3n) is 6.55. The molecule has 0 aromatic heterocycles. The zero-order chi connectivity index (χ0) is 30.4. The molecule has 0 bridgehead atoms. The van der Waals surface area contributed by atoms with Gasteiger partial charge >= 0.3 is 18.4 Å². The fraction of sp³-hybridized carbons (Fsp3) is 0.517. The number of likely N-dealkylation sites (tertiary alicyclic amines) is 1. The van der Waals surface area contributed by atoms with Gasteiger partial charge in [-0.2, -0.15) is 26.3 Å². The second-order valence-corrected chi connectivity index (χ2v) is 11.0. The zero-order valence-electron chi connectivity index (χ0n) is 23.1. The van der Waals surface area contributed by atoms with Crippen LogP contribution in [0.1, 0.15) is 61.8 Å². The third-order valence-corrected chi connectivity index (χ3v) is 6.55. The maximum atomic E-state index is 13.2. The van der Waals surface area contributed by atoms with Crippen molar-refractivity contribution in [3.8, 4) is 0 Å². The fourth-order valence-electron chi connectivity index (χ4n) is 4.44. The van der Waals surface area contributed by atoms with E-state index in [1.54, 1.807) is 56.0 Å². The zero-order valence-corrected chi connectivity index (χ0v) is 23.1. The Hall–Kier alpha value is -3.28. The molecular weight excluding hydrogens is 554 g/mol. The van der Waals surface area contributed by atoms with Crippen molar-refractivity contribution in [1.29, 1.82) is 0 Å². The molecule has 1 saturated heterocycles. The summed E-state index contributed by atoms with van der Waals surface area (Å²) >= 11 is 0. The van der Waals surface area contributed by atoms with Crippen molar-refractivity contribution in [2.75, 3.05) is 26.2 Å². The number of nitrogens with zero attached hydrogens (tertiary/aromatic N) is 1. The van der Waals surface area contributed by atoms with Gasteiger partial charge in [0.2, 0.25) is 5.91 Å². The molecule has 1 N–H and O–H groups in total. The normalized spacial score (nSPS) is 15.9. The molecule has 2 aromatic carbocycles. The van der Waals surface area contributed by atoms with Crippen LogP contribution in [0.3, 0.4) is 0 Å². The highest BCUT2D eigenvalue weighted by molar-refractivity contribution is 5.79. The summed E-state index contributed by atoms with van der Waals surface area (Å²) in [6, 6.07) is 10.3. The van der Waals surface area contributed by atoms with Gasteiger partial charge in [-0.25, -0.2) is 4.79 Å². The molecule has 226 valence electrons. The second kappa shape index (κ2) is 13.1. The van der Waals surface area contributed by atoms with E-state index in [2.05, 4.69) is 5.32 Å². The Kier molecular flexibility index (Phi) is 10.3. The second-order valence-electron chi connectivity index (χ2n) is 11.0. The van der Waals surface area contributed by atoms with Gasteiger partial charge in [0.05, 0.1) is 24.3 Å². The number of ether oxygens (including phenoxy) is 2. The Morgan fingerprint density at radius 1 is 0.927 bits per heavy atom. The third kappa shape index (κ3) is 9.94. The van der Waals surface area contributed by atoms with E-state index < -0.39 is 47.7 Å². The smallest absolute Gasteiger partial charge is 0.416 e. The number of amides is 2. The number of nitrogens with one attached hydrogen (secondary N) is 1. The van der Waals surface area contributed by atoms with Crippen LogP contribution < -0.4 is 5.32 Å². The number of hydrogen-bond donors (Lipinski definition) is 1. The molecule has 1 atom stereocenters. The highest BCUT2D eigenvalue weighted by Crippen LogP contribution is 2.36. The number of benzene rings is 2. The van der Waals surface area contributed by atoms with E-state index in [0.29, 0.717) is 38.1 Å². The van der Waals surface area contributed by atoms with E-state index >= 15 is 0 Å². The molecule has 1 aliphatic rings. The van der Waals surface area contributed by atoms with Crippen molar-refractivity contribution in [3.05, 3.63) is 70.8 Å². The minimum atomic E-state index is -4.95. The topological polar surface area (TPSA) is 67.9 Å². The number of carbonyl (C=O) groups excluding carboxylic acids is 2. The van der Waals surface area contributed by atoms with Crippen LogP contribution in [-0.4, -0.2) is 48.7 Å². The molecule has 12 heteroatoms. The predicted octanol–water partition coefficient (Wildman–Crippen LogP) is 6.79. The highest BCUT2D eigenvalue weighted by Gasteiger charge is 2.37. The lowest BCUT2D eigenvalue weighted by molar-refractivity contribution is -0.143. The summed E-state index contributed by atoms with van der Waals surface area (Å²) in [5.74, 6) is -0.936. The summed E-state index contributed by atoms with van der Waals surface area (Å²) in [7, 11) is 0. The van der Waals surface area contributed by atoms with Gasteiger partial charge in [-0.1, -0.05) is 30.3 Å². The van der Waals surface area contributed by atoms with Crippen molar-refractivity contribution in [2.24, 2.45) is 5.92 Å². The van der Waals surface area contributed by atoms with E-state index in [-0.39, 0.29) is 36.6 Å². The number of alkyl halides is 6. The number of hydrogen-bond acceptors (Lipinski definition) is 4. The monoisotopic (exact) mass is 588 g/mol. The molecule has 6 nitrogen and oxygen atoms in total. The van der Waals surface area contributed by atoms with E-state index in [1.165, 1.54) is 0 Å². The minimum absolute atomic E-state index is 0.0566. The van der Waals surface area contributed by atoms with Gasteiger partial charge in [-0.3, -0.25) is 4.79 Å². The molecule has 0 spiro atoms. The van der Waals surface area contributed by atoms with Gasteiger partial charge in [0.25, 0.3) is 0 Å². The van der Waals surface area contributed by atoms with Crippen LogP contribution in [0.4, 0.5) is 31.1 Å². The molecule has 1 heterocycles. The summed E-state index contributed by atoms with van der Waals surface area (Å²) < 4.78 is 90.1. The van der Waals surface area contributed by atoms with Gasteiger partial charge < -0.3 is 19.7 Å². The molecule has 1 fully saturated rings. The lowest BCUT2D eigenvalue weighted by Crippen LogP contribution is -2.45. The van der Waals surface area contributed by atoms with Crippen LogP contribution in [0, 0.1) is 5.92 Å². The average Bonchev–Trinajstić information content (AvgIpc) is 2.89. The quantitative estimate of drug-likeness (QED) is 0.345. The van der Waals surface area contributed by atoms with Gasteiger partial charge in [0.1, 0.15) is 5.60 Å². The van der Waals surface area contributed by atoms with Crippen molar-refractivity contribution < 1.29 is 45.4 Å². The maximum Gasteiger partial charge on any atom is 0.416 e. The Balaban J connectivity index is 1.60. The van der Waals surface area contributed by atoms with Crippen LogP contribution in [0.25, 0.3) is 0 Å². The molecule has 2 amide bonds. The van der Waals surface area contributed by atoms with Crippen LogP contribution in [0.2, 0.25) is 0 Å². The first-order valence-corrected chi connectivity index (χ1v) is 13.2. The predicted molar refractivity (Wildman–Crippen MR) is 139 cm³/mol. The average molecular weight is 589 g/mol. The van der Waals surface area contributed by atoms with Crippen LogP contribution >= 0.6 is 0 Å². The van der Waals surface area contributed by atoms with Crippen molar-refractivity contribution in [3.63, 3.8) is 0 Å². The molecule has 0 radical (unpaired) electrons. The minimum Gasteiger partial charge on any atom is -0.444 e. The highest BCUT2D eigenvalue weighted by atomic mass is 19.4. The summed E-state index contributed by atoms with van der Waals surface area (Å²) in [4.78, 5) is 26.7. The maximum absolute atomic E-state index is 13.2. The van der Waals surface area contributed by atoms with Crippen LogP contribution in [-0.2, 0) is 33.2 Å². The first kappa shape index (κ1) is 32.2. The fourth-order valence-corrected chi connectivity index (χ4v) is 4.44. The number of halogens is 6. The van der Waals surface area contributed by atoms with Crippen LogP contribution in [0.5, 0.6) is 0 Å². The molecule has 0 saturated carbocycles. The summed E-state index contributed by atoms with van der Waals surface area (Å²) in [6.45, 7) is 5.67. The lowest BCUT2D eigenvalue weighted by Gasteiger charge is -2.33. The summed E-state index contributed by atoms with van der Waals surface area (Å²) in [5.41, 5.74) is -2.92. The van der Waals surface area contributed by atoms with E-state index in [0.717, 1.165) is 5.56 Å². The SMILES string of the molecule is CC(C)(C)OC(=O)N1CCC(C(=O)NCC(COCc2cc(C(F)(F)F)cc(C(F)(F)F)c2)c2ccccc2)CC1. The van der Waals surface area contributed by atoms with Gasteiger partial charge in [0.15, 0.2) is 0 Å². The van der Waals surface area contributed by atoms with E-state index in [1.807, 2.05) is 0 Å². The molecular formula is C29H34F6N2O4. The van der Waals surface area contributed by atoms with Gasteiger partial charge in [-0.05, 0) is 62.9 Å². The molecule has 1 unspecified atom stereocenters. The number of carbonyl (C=O) groups is 2. The number of rotatable bonds is 8. The Bertz CT molecular complexity index is 1140. The van der Waals surface area contributed by atoms with Gasteiger partial charge in [-0.15, -0.1) is 0 Å². The molecule has 41 heavy (non-hydrogen) atoms. The molecule has 3 rings (SSSR count). The molecule has 1 aliphatic heterocycles. The van der Waals surface area contributed by atoms with E-state index in [4.69, 9.17) is 9.47 Å². The Labute approximate surface area is 235 Å². The van der Waals surface area contributed by atoms with Crippen molar-refractivity contribution in [1.82, 2.24) is 10.2 Å². The summed E-state index contributed by atoms with van der Waals surface area (Å²) in [5, 5.41) is 2.89. The van der Waals surface area contributed by atoms with Crippen molar-refractivity contribution >= 4 is 12.0 Å². The van der Waals surface area contributed by atoms with Gasteiger partial charge in [0, 0.05) is 31.5 Å². The Morgan fingerprint density at radius 2 is 1.49 bits per heavy atom. The Morgan fingerprint density at radius 3 is 2.00 bits per heavy atom.